The summed E-state index contributed by atoms with van der Waals surface area (Å²) in [6, 6.07) is 10.1. The highest BCUT2D eigenvalue weighted by molar-refractivity contribution is 7.87. The molecular formula is C19H33O12PS. The number of carboxylic acid groups (broad SMARTS) is 2. The Kier molecular flexibility index (Phi) is 18.5. The largest absolute Gasteiger partial charge is 0.494 e. The normalized spacial score (nSPS) is 11.8. The number of rotatable bonds is 13. The maximum Gasteiger partial charge on any atom is 0.466 e. The van der Waals surface area contributed by atoms with Gasteiger partial charge in [-0.25, -0.2) is 4.57 Å². The maximum absolute atomic E-state index is 10.2. The smallest absolute Gasteiger partial charge is 0.466 e. The Bertz CT molecular complexity index is 799. The van der Waals surface area contributed by atoms with Crippen LogP contribution in [0.4, 0.5) is 0 Å². The molecule has 0 aliphatic rings. The third-order valence-electron chi connectivity index (χ3n) is 3.75. The van der Waals surface area contributed by atoms with Crippen LogP contribution in [0.25, 0.3) is 0 Å². The number of unbranched alkanes of at least 4 members (excludes halogenated alkanes) is 6. The van der Waals surface area contributed by atoms with E-state index in [0.29, 0.717) is 0 Å². The van der Waals surface area contributed by atoms with Crippen LogP contribution in [-0.2, 0) is 24.3 Å². The average Bonchev–Trinajstić information content (AvgIpc) is 2.67. The van der Waals surface area contributed by atoms with E-state index in [4.69, 9.17) is 38.7 Å². The molecule has 0 heterocycles. The van der Waals surface area contributed by atoms with Gasteiger partial charge in [0.15, 0.2) is 5.25 Å². The van der Waals surface area contributed by atoms with Gasteiger partial charge in [0, 0.05) is 0 Å². The van der Waals surface area contributed by atoms with Gasteiger partial charge in [0.05, 0.1) is 13.0 Å². The SMILES string of the molecule is CCCCCCCCCOc1ccccc1.O=C(O)CC(C(=O)O)S(=O)(=O)O.O=P(O)(O)O. The van der Waals surface area contributed by atoms with E-state index in [1.165, 1.54) is 44.9 Å². The predicted octanol–water partition coefficient (Wildman–Crippen LogP) is 2.69. The Morgan fingerprint density at radius 1 is 0.939 bits per heavy atom. The molecule has 14 heteroatoms. The van der Waals surface area contributed by atoms with Crippen LogP contribution in [-0.4, -0.2) is 61.7 Å². The summed E-state index contributed by atoms with van der Waals surface area (Å²) in [4.78, 5) is 41.6. The van der Waals surface area contributed by atoms with E-state index >= 15 is 0 Å². The average molecular weight is 517 g/mol. The second-order valence-corrected chi connectivity index (χ2v) is 9.36. The van der Waals surface area contributed by atoms with Gasteiger partial charge in [0.25, 0.3) is 10.1 Å². The second kappa shape index (κ2) is 18.4. The summed E-state index contributed by atoms with van der Waals surface area (Å²) >= 11 is 0. The van der Waals surface area contributed by atoms with Crippen LogP contribution in [0, 0.1) is 0 Å². The highest BCUT2D eigenvalue weighted by Crippen LogP contribution is 2.25. The molecule has 0 bridgehead atoms. The Morgan fingerprint density at radius 3 is 1.76 bits per heavy atom. The molecule has 1 rings (SSSR count). The molecule has 1 aromatic rings. The van der Waals surface area contributed by atoms with Crippen molar-refractivity contribution in [1.29, 1.82) is 0 Å². The van der Waals surface area contributed by atoms with Gasteiger partial charge in [-0.1, -0.05) is 63.6 Å². The van der Waals surface area contributed by atoms with E-state index in [0.717, 1.165) is 12.4 Å². The van der Waals surface area contributed by atoms with Gasteiger partial charge in [-0.2, -0.15) is 8.42 Å². The third-order valence-corrected chi connectivity index (χ3v) is 4.84. The number of para-hydroxylation sites is 1. The molecule has 6 N–H and O–H groups in total. The summed E-state index contributed by atoms with van der Waals surface area (Å²) in [5.74, 6) is -2.51. The van der Waals surface area contributed by atoms with Crippen molar-refractivity contribution in [3.05, 3.63) is 30.3 Å². The van der Waals surface area contributed by atoms with Crippen molar-refractivity contribution in [2.24, 2.45) is 0 Å². The summed E-state index contributed by atoms with van der Waals surface area (Å²) in [5.41, 5.74) is 0. The number of benzene rings is 1. The summed E-state index contributed by atoms with van der Waals surface area (Å²) in [7, 11) is -9.48. The standard InChI is InChI=1S/C15H24O.C4H6O7S.H3O4P/c1-2-3-4-5-6-7-11-14-16-15-12-9-8-10-13-15;5-3(6)1-2(4(7)8)12(9,10)11;1-5(2,3)4/h8-10,12-13H,2-7,11,14H2,1H3;2H,1H2,(H,5,6)(H,7,8)(H,9,10,11);(H3,1,2,3,4). The van der Waals surface area contributed by atoms with Gasteiger partial charge >= 0.3 is 19.8 Å². The fraction of sp³-hybridized carbons (Fsp3) is 0.579. The van der Waals surface area contributed by atoms with Crippen molar-refractivity contribution in [3.63, 3.8) is 0 Å². The molecule has 0 radical (unpaired) electrons. The molecule has 1 aromatic carbocycles. The molecule has 0 aliphatic heterocycles. The Balaban J connectivity index is 0. The zero-order valence-corrected chi connectivity index (χ0v) is 20.0. The van der Waals surface area contributed by atoms with Crippen molar-refractivity contribution in [1.82, 2.24) is 0 Å². The van der Waals surface area contributed by atoms with Gasteiger partial charge in [-0.15, -0.1) is 0 Å². The number of carboxylic acids is 2. The lowest BCUT2D eigenvalue weighted by molar-refractivity contribution is -0.143. The molecule has 1 atom stereocenters. The van der Waals surface area contributed by atoms with E-state index in [9.17, 15) is 18.0 Å². The zero-order chi connectivity index (χ0) is 25.9. The van der Waals surface area contributed by atoms with Crippen molar-refractivity contribution in [2.75, 3.05) is 6.61 Å². The molecule has 0 saturated carbocycles. The quantitative estimate of drug-likeness (QED) is 0.127. The fourth-order valence-corrected chi connectivity index (χ4v) is 2.85. The van der Waals surface area contributed by atoms with Crippen LogP contribution in [0.3, 0.4) is 0 Å². The van der Waals surface area contributed by atoms with Crippen LogP contribution in [0.1, 0.15) is 58.3 Å². The number of ether oxygens (including phenoxy) is 1. The van der Waals surface area contributed by atoms with E-state index in [1.54, 1.807) is 0 Å². The van der Waals surface area contributed by atoms with Crippen molar-refractivity contribution < 1.29 is 56.8 Å². The second-order valence-electron chi connectivity index (χ2n) is 6.74. The lowest BCUT2D eigenvalue weighted by atomic mass is 10.1. The first-order chi connectivity index (χ1) is 15.2. The maximum atomic E-state index is 10.2. The number of hydrogen-bond acceptors (Lipinski definition) is 6. The van der Waals surface area contributed by atoms with Crippen molar-refractivity contribution >= 4 is 29.9 Å². The van der Waals surface area contributed by atoms with E-state index in [-0.39, 0.29) is 0 Å². The van der Waals surface area contributed by atoms with Gasteiger partial charge in [-0.05, 0) is 18.6 Å². The molecule has 0 spiro atoms. The number of carbonyl (C=O) groups is 2. The lowest BCUT2D eigenvalue weighted by Crippen LogP contribution is -2.31. The van der Waals surface area contributed by atoms with Gasteiger partial charge in [0.1, 0.15) is 5.75 Å². The highest BCUT2D eigenvalue weighted by Gasteiger charge is 2.33. The lowest BCUT2D eigenvalue weighted by Gasteiger charge is -2.05. The highest BCUT2D eigenvalue weighted by atomic mass is 32.2. The number of hydrogen-bond donors (Lipinski definition) is 6. The molecule has 192 valence electrons. The molecule has 0 aliphatic carbocycles. The monoisotopic (exact) mass is 516 g/mol. The first-order valence-corrected chi connectivity index (χ1v) is 13.1. The minimum Gasteiger partial charge on any atom is -0.494 e. The molecule has 33 heavy (non-hydrogen) atoms. The molecule has 1 unspecified atom stereocenters. The van der Waals surface area contributed by atoms with E-state index in [1.807, 2.05) is 30.3 Å². The number of aliphatic carboxylic acids is 2. The van der Waals surface area contributed by atoms with E-state index < -0.39 is 41.6 Å². The van der Waals surface area contributed by atoms with E-state index in [2.05, 4.69) is 6.92 Å². The Labute approximate surface area is 193 Å². The Hall–Kier alpha value is -2.02. The minimum atomic E-state index is -4.84. The van der Waals surface area contributed by atoms with Crippen LogP contribution in [0.2, 0.25) is 0 Å². The fourth-order valence-electron chi connectivity index (χ4n) is 2.24. The van der Waals surface area contributed by atoms with Gasteiger partial charge in [0.2, 0.25) is 0 Å². The molecule has 12 nitrogen and oxygen atoms in total. The van der Waals surface area contributed by atoms with Gasteiger partial charge in [-0.3, -0.25) is 14.1 Å². The zero-order valence-electron chi connectivity index (χ0n) is 18.3. The van der Waals surface area contributed by atoms with Crippen LogP contribution >= 0.6 is 7.82 Å². The van der Waals surface area contributed by atoms with Crippen LogP contribution in [0.15, 0.2) is 30.3 Å². The van der Waals surface area contributed by atoms with Crippen molar-refractivity contribution in [2.45, 2.75) is 63.5 Å². The summed E-state index contributed by atoms with van der Waals surface area (Å²) < 4.78 is 43.2. The van der Waals surface area contributed by atoms with Crippen molar-refractivity contribution in [3.8, 4) is 5.75 Å². The van der Waals surface area contributed by atoms with Crippen LogP contribution in [0.5, 0.6) is 5.75 Å². The molecule has 0 saturated heterocycles. The first kappa shape index (κ1) is 33.2. The molecule has 0 amide bonds. The van der Waals surface area contributed by atoms with Gasteiger partial charge < -0.3 is 29.6 Å². The molecule has 0 aromatic heterocycles. The van der Waals surface area contributed by atoms with Crippen LogP contribution < -0.4 is 4.74 Å². The number of phosphoric acid groups is 1. The predicted molar refractivity (Wildman–Crippen MR) is 119 cm³/mol. The molecular weight excluding hydrogens is 483 g/mol. The minimum absolute atomic E-state index is 0.859. The topological polar surface area (TPSA) is 216 Å². The third kappa shape index (κ3) is 26.1. The summed E-state index contributed by atoms with van der Waals surface area (Å²) in [5, 5.41) is 13.9. The summed E-state index contributed by atoms with van der Waals surface area (Å²) in [6.45, 7) is 3.12. The summed E-state index contributed by atoms with van der Waals surface area (Å²) in [6.07, 6.45) is 8.19. The Morgan fingerprint density at radius 2 is 1.39 bits per heavy atom. The molecule has 0 fully saturated rings. The first-order valence-electron chi connectivity index (χ1n) is 10.1.